The summed E-state index contributed by atoms with van der Waals surface area (Å²) in [6.45, 7) is 0. The normalized spacial score (nSPS) is 14.9. The van der Waals surface area contributed by atoms with Gasteiger partial charge in [-0.2, -0.15) is 24.5 Å². The summed E-state index contributed by atoms with van der Waals surface area (Å²) in [6.07, 6.45) is -4.33. The van der Waals surface area contributed by atoms with Crippen molar-refractivity contribution in [2.24, 2.45) is 5.73 Å². The molecule has 0 aromatic carbocycles. The van der Waals surface area contributed by atoms with Crippen LogP contribution in [0.5, 0.6) is 0 Å². The molecule has 0 spiro atoms. The summed E-state index contributed by atoms with van der Waals surface area (Å²) in [6, 6.07) is -0.461. The third kappa shape index (κ3) is 1.94. The molecule has 1 heterocycles. The molecule has 0 saturated carbocycles. The van der Waals surface area contributed by atoms with E-state index in [0.717, 1.165) is 0 Å². The van der Waals surface area contributed by atoms with Gasteiger partial charge in [-0.15, -0.1) is 0 Å². The van der Waals surface area contributed by atoms with E-state index >= 15 is 0 Å². The minimum atomic E-state index is -4.33. The molecule has 0 fully saturated rings. The smallest absolute Gasteiger partial charge is 0.316 e. The maximum atomic E-state index is 11.9. The lowest BCUT2D eigenvalue weighted by molar-refractivity contribution is -0.149. The van der Waals surface area contributed by atoms with Gasteiger partial charge < -0.3 is 5.73 Å². The van der Waals surface area contributed by atoms with E-state index in [-0.39, 0.29) is 5.56 Å². The van der Waals surface area contributed by atoms with E-state index in [0.29, 0.717) is 0 Å². The molecule has 5 heteroatoms. The highest BCUT2D eigenvalue weighted by Gasteiger charge is 2.37. The SMILES string of the molecule is NC(c1ccsc1)C(F)(F)F. The molecule has 1 aromatic heterocycles. The molecular formula is C6H6F3NS. The van der Waals surface area contributed by atoms with Gasteiger partial charge in [-0.05, 0) is 22.4 Å². The Kier molecular flexibility index (Phi) is 2.20. The second-order valence-corrected chi connectivity index (χ2v) is 2.86. The van der Waals surface area contributed by atoms with Crippen molar-refractivity contribution in [3.63, 3.8) is 0 Å². The van der Waals surface area contributed by atoms with Gasteiger partial charge in [0.15, 0.2) is 0 Å². The Hall–Kier alpha value is -0.550. The standard InChI is InChI=1S/C6H6F3NS/c7-6(8,9)5(10)4-1-2-11-3-4/h1-3,5H,10H2. The first-order valence-corrected chi connectivity index (χ1v) is 3.80. The van der Waals surface area contributed by atoms with E-state index in [2.05, 4.69) is 0 Å². The van der Waals surface area contributed by atoms with Crippen molar-refractivity contribution in [2.45, 2.75) is 12.2 Å². The topological polar surface area (TPSA) is 26.0 Å². The average molecular weight is 181 g/mol. The highest BCUT2D eigenvalue weighted by atomic mass is 32.1. The van der Waals surface area contributed by atoms with Crippen molar-refractivity contribution in [1.29, 1.82) is 0 Å². The molecule has 11 heavy (non-hydrogen) atoms. The fourth-order valence-electron chi connectivity index (χ4n) is 0.641. The van der Waals surface area contributed by atoms with Gasteiger partial charge in [-0.1, -0.05) is 0 Å². The molecule has 0 saturated heterocycles. The fourth-order valence-corrected chi connectivity index (χ4v) is 1.34. The molecule has 2 N–H and O–H groups in total. The highest BCUT2D eigenvalue weighted by molar-refractivity contribution is 7.07. The third-order valence-corrected chi connectivity index (χ3v) is 1.96. The van der Waals surface area contributed by atoms with Gasteiger partial charge in [0.2, 0.25) is 0 Å². The average Bonchev–Trinajstić information content (AvgIpc) is 2.34. The quantitative estimate of drug-likeness (QED) is 0.706. The van der Waals surface area contributed by atoms with Crippen LogP contribution in [0.2, 0.25) is 0 Å². The lowest BCUT2D eigenvalue weighted by atomic mass is 10.2. The van der Waals surface area contributed by atoms with E-state index in [1.807, 2.05) is 0 Å². The van der Waals surface area contributed by atoms with Crippen molar-refractivity contribution >= 4 is 11.3 Å². The first-order valence-electron chi connectivity index (χ1n) is 2.86. The summed E-state index contributed by atoms with van der Waals surface area (Å²) in [5.74, 6) is 0. The van der Waals surface area contributed by atoms with Gasteiger partial charge in [-0.3, -0.25) is 0 Å². The lowest BCUT2D eigenvalue weighted by Crippen LogP contribution is -2.27. The summed E-state index contributed by atoms with van der Waals surface area (Å²) < 4.78 is 35.7. The van der Waals surface area contributed by atoms with Crippen molar-refractivity contribution in [1.82, 2.24) is 0 Å². The predicted molar refractivity (Wildman–Crippen MR) is 37.3 cm³/mol. The van der Waals surface area contributed by atoms with Crippen LogP contribution in [0.4, 0.5) is 13.2 Å². The monoisotopic (exact) mass is 181 g/mol. The largest absolute Gasteiger partial charge is 0.407 e. The molecule has 1 nitrogen and oxygen atoms in total. The van der Waals surface area contributed by atoms with E-state index in [9.17, 15) is 13.2 Å². The van der Waals surface area contributed by atoms with Crippen molar-refractivity contribution in [3.8, 4) is 0 Å². The Morgan fingerprint density at radius 2 is 2.09 bits per heavy atom. The van der Waals surface area contributed by atoms with Gasteiger partial charge in [-0.25, -0.2) is 0 Å². The van der Waals surface area contributed by atoms with E-state index in [4.69, 9.17) is 5.73 Å². The molecule has 0 aliphatic rings. The number of thiophene rings is 1. The zero-order valence-corrected chi connectivity index (χ0v) is 6.25. The molecule has 1 atom stereocenters. The van der Waals surface area contributed by atoms with Crippen LogP contribution in [0.15, 0.2) is 16.8 Å². The molecule has 62 valence electrons. The Morgan fingerprint density at radius 3 is 2.45 bits per heavy atom. The van der Waals surface area contributed by atoms with E-state index in [1.165, 1.54) is 22.8 Å². The highest BCUT2D eigenvalue weighted by Crippen LogP contribution is 2.31. The number of alkyl halides is 3. The molecule has 0 amide bonds. The molecule has 0 bridgehead atoms. The molecule has 0 aliphatic heterocycles. The zero-order chi connectivity index (χ0) is 8.48. The second-order valence-electron chi connectivity index (χ2n) is 2.08. The predicted octanol–water partition coefficient (Wildman–Crippen LogP) is 2.31. The van der Waals surface area contributed by atoms with Crippen LogP contribution in [0.1, 0.15) is 11.6 Å². The first-order chi connectivity index (χ1) is 5.02. The van der Waals surface area contributed by atoms with Gasteiger partial charge >= 0.3 is 6.18 Å². The lowest BCUT2D eigenvalue weighted by Gasteiger charge is -2.13. The second kappa shape index (κ2) is 2.83. The molecule has 1 rings (SSSR count). The van der Waals surface area contributed by atoms with Gasteiger partial charge in [0, 0.05) is 0 Å². The molecule has 1 aromatic rings. The molecule has 0 aliphatic carbocycles. The number of hydrogen-bond acceptors (Lipinski definition) is 2. The Labute approximate surface area is 65.6 Å². The van der Waals surface area contributed by atoms with Crippen LogP contribution < -0.4 is 5.73 Å². The maximum absolute atomic E-state index is 11.9. The summed E-state index contributed by atoms with van der Waals surface area (Å²) in [5, 5.41) is 2.97. The maximum Gasteiger partial charge on any atom is 0.407 e. The molecule has 1 unspecified atom stereocenters. The summed E-state index contributed by atoms with van der Waals surface area (Å²) >= 11 is 1.20. The van der Waals surface area contributed by atoms with Crippen molar-refractivity contribution in [2.75, 3.05) is 0 Å². The van der Waals surface area contributed by atoms with Crippen LogP contribution in [-0.2, 0) is 0 Å². The van der Waals surface area contributed by atoms with Crippen LogP contribution >= 0.6 is 11.3 Å². The number of hydrogen-bond donors (Lipinski definition) is 1. The Balaban J connectivity index is 2.78. The van der Waals surface area contributed by atoms with Crippen LogP contribution in [0.3, 0.4) is 0 Å². The van der Waals surface area contributed by atoms with Crippen molar-refractivity contribution < 1.29 is 13.2 Å². The third-order valence-electron chi connectivity index (χ3n) is 1.25. The van der Waals surface area contributed by atoms with E-state index in [1.54, 1.807) is 5.38 Å². The summed E-state index contributed by atoms with van der Waals surface area (Å²) in [5.41, 5.74) is 5.03. The van der Waals surface area contributed by atoms with Gasteiger partial charge in [0.1, 0.15) is 6.04 Å². The van der Waals surface area contributed by atoms with Gasteiger partial charge in [0.25, 0.3) is 0 Å². The summed E-state index contributed by atoms with van der Waals surface area (Å²) in [7, 11) is 0. The number of halogens is 3. The number of nitrogens with two attached hydrogens (primary N) is 1. The number of rotatable bonds is 1. The van der Waals surface area contributed by atoms with E-state index < -0.39 is 12.2 Å². The van der Waals surface area contributed by atoms with Crippen LogP contribution in [0, 0.1) is 0 Å². The first kappa shape index (κ1) is 8.55. The zero-order valence-electron chi connectivity index (χ0n) is 5.43. The van der Waals surface area contributed by atoms with Crippen LogP contribution in [0.25, 0.3) is 0 Å². The van der Waals surface area contributed by atoms with Crippen LogP contribution in [-0.4, -0.2) is 6.18 Å². The summed E-state index contributed by atoms with van der Waals surface area (Å²) in [4.78, 5) is 0. The van der Waals surface area contributed by atoms with Gasteiger partial charge in [0.05, 0.1) is 0 Å². The minimum absolute atomic E-state index is 0.127. The fraction of sp³-hybridized carbons (Fsp3) is 0.333. The molecule has 0 radical (unpaired) electrons. The molecular weight excluding hydrogens is 175 g/mol. The van der Waals surface area contributed by atoms with Crippen molar-refractivity contribution in [3.05, 3.63) is 22.4 Å². The minimum Gasteiger partial charge on any atom is -0.316 e. The Morgan fingerprint density at radius 1 is 1.45 bits per heavy atom. The Bertz CT molecular complexity index is 216.